The van der Waals surface area contributed by atoms with Crippen molar-refractivity contribution in [1.82, 2.24) is 10.2 Å². The van der Waals surface area contributed by atoms with Gasteiger partial charge in [0.15, 0.2) is 5.84 Å². The van der Waals surface area contributed by atoms with Crippen LogP contribution >= 0.6 is 12.4 Å². The third kappa shape index (κ3) is 5.17. The van der Waals surface area contributed by atoms with Crippen molar-refractivity contribution in [3.8, 4) is 0 Å². The molecule has 0 fully saturated rings. The van der Waals surface area contributed by atoms with Crippen molar-refractivity contribution in [1.29, 1.82) is 0 Å². The van der Waals surface area contributed by atoms with E-state index in [-0.39, 0.29) is 41.6 Å². The lowest BCUT2D eigenvalue weighted by atomic mass is 10.0. The van der Waals surface area contributed by atoms with Crippen LogP contribution in [0.25, 0.3) is 0 Å². The standard InChI is InChI=1S/C16H24N4O3S.ClH/c1-11(2)8-12(9-17)18-15(21)10-20(3)16-13-6-4-5-7-14(13)24(22,23)19-16;/h4-7,11-12H,8-10,17H2,1-3H3,(H,18,21);1H. The van der Waals surface area contributed by atoms with Crippen LogP contribution in [0.1, 0.15) is 25.8 Å². The molecule has 0 aliphatic carbocycles. The maximum absolute atomic E-state index is 12.2. The molecule has 0 radical (unpaired) electrons. The minimum absolute atomic E-state index is 0. The summed E-state index contributed by atoms with van der Waals surface area (Å²) in [6.07, 6.45) is 0.796. The summed E-state index contributed by atoms with van der Waals surface area (Å²) in [5, 5.41) is 2.89. The zero-order chi connectivity index (χ0) is 17.9. The van der Waals surface area contributed by atoms with Crippen LogP contribution in [-0.4, -0.2) is 51.2 Å². The van der Waals surface area contributed by atoms with Crippen molar-refractivity contribution >= 4 is 34.2 Å². The highest BCUT2D eigenvalue weighted by Crippen LogP contribution is 2.26. The molecule has 0 saturated carbocycles. The summed E-state index contributed by atoms with van der Waals surface area (Å²) >= 11 is 0. The second kappa shape index (κ2) is 8.64. The van der Waals surface area contributed by atoms with Gasteiger partial charge in [-0.3, -0.25) is 4.79 Å². The van der Waals surface area contributed by atoms with Crippen LogP contribution in [0.15, 0.2) is 33.6 Å². The summed E-state index contributed by atoms with van der Waals surface area (Å²) in [5.41, 5.74) is 6.21. The fourth-order valence-corrected chi connectivity index (χ4v) is 3.96. The molecule has 1 aromatic carbocycles. The number of rotatable bonds is 6. The number of hydrogen-bond acceptors (Lipinski definition) is 5. The van der Waals surface area contributed by atoms with Crippen molar-refractivity contribution in [2.45, 2.75) is 31.2 Å². The van der Waals surface area contributed by atoms with E-state index in [1.165, 1.54) is 6.07 Å². The summed E-state index contributed by atoms with van der Waals surface area (Å²) < 4.78 is 27.9. The molecule has 0 spiro atoms. The number of carbonyl (C=O) groups is 1. The number of amides is 1. The third-order valence-electron chi connectivity index (χ3n) is 3.76. The fourth-order valence-electron chi connectivity index (χ4n) is 2.71. The SMILES string of the molecule is CC(C)CC(CN)NC(=O)CN(C)C1=NS(=O)(=O)c2ccccc21.Cl. The summed E-state index contributed by atoms with van der Waals surface area (Å²) in [6.45, 7) is 4.51. The van der Waals surface area contributed by atoms with Crippen LogP contribution in [0.3, 0.4) is 0 Å². The van der Waals surface area contributed by atoms with Gasteiger partial charge in [-0.1, -0.05) is 26.0 Å². The van der Waals surface area contributed by atoms with Crippen LogP contribution < -0.4 is 11.1 Å². The van der Waals surface area contributed by atoms with Gasteiger partial charge in [-0.25, -0.2) is 0 Å². The Morgan fingerprint density at radius 3 is 2.56 bits per heavy atom. The van der Waals surface area contributed by atoms with E-state index in [4.69, 9.17) is 5.73 Å². The van der Waals surface area contributed by atoms with Crippen LogP contribution in [0.5, 0.6) is 0 Å². The maximum atomic E-state index is 12.2. The van der Waals surface area contributed by atoms with Crippen molar-refractivity contribution in [3.05, 3.63) is 29.8 Å². The van der Waals surface area contributed by atoms with Crippen LogP contribution in [-0.2, 0) is 14.8 Å². The minimum Gasteiger partial charge on any atom is -0.351 e. The number of nitrogens with two attached hydrogens (primary N) is 1. The van der Waals surface area contributed by atoms with E-state index in [2.05, 4.69) is 23.6 Å². The number of nitrogens with one attached hydrogen (secondary N) is 1. The van der Waals surface area contributed by atoms with Crippen molar-refractivity contribution in [2.75, 3.05) is 20.1 Å². The summed E-state index contributed by atoms with van der Waals surface area (Å²) in [7, 11) is -2.04. The molecule has 2 rings (SSSR count). The summed E-state index contributed by atoms with van der Waals surface area (Å²) in [5.74, 6) is 0.500. The lowest BCUT2D eigenvalue weighted by Gasteiger charge is -2.22. The Morgan fingerprint density at radius 1 is 1.32 bits per heavy atom. The molecule has 140 valence electrons. The zero-order valence-corrected chi connectivity index (χ0v) is 16.2. The van der Waals surface area contributed by atoms with Crippen molar-refractivity contribution in [3.63, 3.8) is 0 Å². The summed E-state index contributed by atoms with van der Waals surface area (Å²) in [4.78, 5) is 13.9. The topological polar surface area (TPSA) is 105 Å². The Morgan fingerprint density at radius 2 is 1.96 bits per heavy atom. The van der Waals surface area contributed by atoms with Gasteiger partial charge in [0, 0.05) is 25.2 Å². The van der Waals surface area contributed by atoms with Crippen LogP contribution in [0.4, 0.5) is 0 Å². The van der Waals surface area contributed by atoms with Gasteiger partial charge in [0.2, 0.25) is 5.91 Å². The second-order valence-corrected chi connectivity index (χ2v) is 7.94. The third-order valence-corrected chi connectivity index (χ3v) is 5.09. The largest absolute Gasteiger partial charge is 0.351 e. The number of fused-ring (bicyclic) bond motifs is 1. The monoisotopic (exact) mass is 388 g/mol. The van der Waals surface area contributed by atoms with E-state index in [1.54, 1.807) is 30.1 Å². The number of hydrogen-bond donors (Lipinski definition) is 2. The normalized spacial score (nSPS) is 15.8. The smallest absolute Gasteiger partial charge is 0.285 e. The average molecular weight is 389 g/mol. The van der Waals surface area contributed by atoms with Gasteiger partial charge >= 0.3 is 0 Å². The number of likely N-dealkylation sites (N-methyl/N-ethyl adjacent to an activating group) is 1. The highest BCUT2D eigenvalue weighted by molar-refractivity contribution is 7.90. The van der Waals surface area contributed by atoms with Gasteiger partial charge < -0.3 is 16.0 Å². The van der Waals surface area contributed by atoms with Crippen molar-refractivity contribution in [2.24, 2.45) is 16.0 Å². The molecule has 25 heavy (non-hydrogen) atoms. The number of nitrogens with zero attached hydrogens (tertiary/aromatic N) is 2. The first-order valence-corrected chi connectivity index (χ1v) is 9.33. The molecule has 1 amide bonds. The number of benzene rings is 1. The summed E-state index contributed by atoms with van der Waals surface area (Å²) in [6, 6.07) is 6.51. The molecule has 0 bridgehead atoms. The molecule has 0 aromatic heterocycles. The van der Waals surface area contributed by atoms with E-state index in [9.17, 15) is 13.2 Å². The first-order chi connectivity index (χ1) is 11.2. The first-order valence-electron chi connectivity index (χ1n) is 7.89. The van der Waals surface area contributed by atoms with Crippen LogP contribution in [0.2, 0.25) is 0 Å². The molecule has 1 atom stereocenters. The quantitative estimate of drug-likeness (QED) is 0.755. The molecular formula is C16H25ClN4O3S. The molecule has 1 heterocycles. The Labute approximate surface area is 155 Å². The second-order valence-electron chi connectivity index (χ2n) is 6.37. The van der Waals surface area contributed by atoms with E-state index in [0.29, 0.717) is 18.0 Å². The van der Waals surface area contributed by atoms with E-state index in [0.717, 1.165) is 6.42 Å². The highest BCUT2D eigenvalue weighted by atomic mass is 35.5. The number of amidine groups is 1. The van der Waals surface area contributed by atoms with Gasteiger partial charge in [-0.05, 0) is 24.5 Å². The molecule has 1 unspecified atom stereocenters. The Balaban J connectivity index is 0.00000312. The lowest BCUT2D eigenvalue weighted by molar-refractivity contribution is -0.122. The average Bonchev–Trinajstić information content (AvgIpc) is 2.78. The molecule has 1 aliphatic heterocycles. The molecule has 0 saturated heterocycles. The molecule has 1 aromatic rings. The van der Waals surface area contributed by atoms with E-state index in [1.807, 2.05) is 0 Å². The fraction of sp³-hybridized carbons (Fsp3) is 0.500. The lowest BCUT2D eigenvalue weighted by Crippen LogP contribution is -2.46. The van der Waals surface area contributed by atoms with Gasteiger partial charge in [-0.15, -0.1) is 16.8 Å². The van der Waals surface area contributed by atoms with E-state index >= 15 is 0 Å². The zero-order valence-electron chi connectivity index (χ0n) is 14.6. The predicted octanol–water partition coefficient (Wildman–Crippen LogP) is 0.979. The minimum atomic E-state index is -3.68. The Bertz CT molecular complexity index is 750. The number of sulfonamides is 1. The molecule has 9 heteroatoms. The van der Waals surface area contributed by atoms with E-state index < -0.39 is 10.0 Å². The predicted molar refractivity (Wildman–Crippen MR) is 100 cm³/mol. The van der Waals surface area contributed by atoms with Crippen molar-refractivity contribution < 1.29 is 13.2 Å². The molecule has 7 nitrogen and oxygen atoms in total. The Kier molecular flexibility index (Phi) is 7.40. The first kappa shape index (κ1) is 21.4. The van der Waals surface area contributed by atoms with Gasteiger partial charge in [0.25, 0.3) is 10.0 Å². The highest BCUT2D eigenvalue weighted by Gasteiger charge is 2.31. The maximum Gasteiger partial charge on any atom is 0.285 e. The molecule has 3 N–H and O–H groups in total. The van der Waals surface area contributed by atoms with Gasteiger partial charge in [0.1, 0.15) is 4.90 Å². The van der Waals surface area contributed by atoms with Crippen LogP contribution in [0, 0.1) is 5.92 Å². The number of carbonyl (C=O) groups excluding carboxylic acids is 1. The van der Waals surface area contributed by atoms with Gasteiger partial charge in [-0.2, -0.15) is 8.42 Å². The Hall–Kier alpha value is -1.64. The molecular weight excluding hydrogens is 364 g/mol. The number of halogens is 1. The van der Waals surface area contributed by atoms with Gasteiger partial charge in [0.05, 0.1) is 6.54 Å². The molecule has 1 aliphatic rings.